The van der Waals surface area contributed by atoms with E-state index in [1.165, 1.54) is 27.7 Å². The maximum Gasteiger partial charge on any atom is 0.315 e. The summed E-state index contributed by atoms with van der Waals surface area (Å²) in [5.41, 5.74) is -1.72. The third kappa shape index (κ3) is 2.13. The molecule has 0 unspecified atom stereocenters. The maximum atomic E-state index is 13.7. The largest absolute Gasteiger partial charge is 0.315 e. The van der Waals surface area contributed by atoms with E-state index in [1.54, 1.807) is 0 Å². The van der Waals surface area contributed by atoms with Gasteiger partial charge < -0.3 is 0 Å². The van der Waals surface area contributed by atoms with Gasteiger partial charge in [-0.3, -0.25) is 0 Å². The van der Waals surface area contributed by atoms with Gasteiger partial charge in [-0.2, -0.15) is 17.6 Å². The van der Waals surface area contributed by atoms with Gasteiger partial charge in [-0.05, 0) is 5.92 Å². The predicted octanol–water partition coefficient (Wildman–Crippen LogP) is 4.60. The first kappa shape index (κ1) is 14.7. The molecule has 0 heterocycles. The van der Waals surface area contributed by atoms with E-state index in [0.29, 0.717) is 0 Å². The molecule has 4 heteroatoms. The Morgan fingerprint density at radius 3 is 1.27 bits per heavy atom. The molecule has 0 rings (SSSR count). The van der Waals surface area contributed by atoms with Gasteiger partial charge in [-0.1, -0.05) is 41.5 Å². The number of hydrogen-bond donors (Lipinski definition) is 0. The van der Waals surface area contributed by atoms with E-state index >= 15 is 0 Å². The van der Waals surface area contributed by atoms with Crippen LogP contribution >= 0.6 is 0 Å². The summed E-state index contributed by atoms with van der Waals surface area (Å²) in [7, 11) is 0. The number of hydrogen-bond acceptors (Lipinski definition) is 0. The van der Waals surface area contributed by atoms with Gasteiger partial charge in [0, 0.05) is 11.3 Å². The van der Waals surface area contributed by atoms with Crippen molar-refractivity contribution in [1.82, 2.24) is 0 Å². The first-order valence-corrected chi connectivity index (χ1v) is 5.14. The molecule has 0 spiro atoms. The predicted molar refractivity (Wildman–Crippen MR) is 53.4 cm³/mol. The van der Waals surface area contributed by atoms with Gasteiger partial charge in [-0.15, -0.1) is 0 Å². The summed E-state index contributed by atoms with van der Waals surface area (Å²) < 4.78 is 54.3. The van der Waals surface area contributed by atoms with Gasteiger partial charge in [0.25, 0.3) is 0 Å². The van der Waals surface area contributed by atoms with Crippen LogP contribution in [0.2, 0.25) is 0 Å². The summed E-state index contributed by atoms with van der Waals surface area (Å²) in [6.45, 7) is 7.67. The van der Waals surface area contributed by atoms with Crippen LogP contribution in [-0.4, -0.2) is 11.8 Å². The summed E-state index contributed by atoms with van der Waals surface area (Å²) in [4.78, 5) is 0. The third-order valence-electron chi connectivity index (χ3n) is 3.40. The molecule has 0 radical (unpaired) electrons. The SMILES string of the molecule is CC(C)C(C)(C)C(F)(F)C(F)(F)C(C)C. The summed E-state index contributed by atoms with van der Waals surface area (Å²) in [5.74, 6) is -9.86. The van der Waals surface area contributed by atoms with Crippen molar-refractivity contribution in [3.8, 4) is 0 Å². The number of rotatable bonds is 4. The van der Waals surface area contributed by atoms with Crippen LogP contribution < -0.4 is 0 Å². The standard InChI is InChI=1S/C11H20F4/c1-7(2)9(5,6)11(14,15)10(12,13)8(3)4/h7-8H,1-6H3. The molecule has 0 aromatic carbocycles. The first-order chi connectivity index (χ1) is 6.39. The molecule has 15 heavy (non-hydrogen) atoms. The molecule has 0 amide bonds. The molecule has 0 fully saturated rings. The van der Waals surface area contributed by atoms with Crippen LogP contribution in [0.3, 0.4) is 0 Å². The van der Waals surface area contributed by atoms with Crippen LogP contribution in [0.1, 0.15) is 41.5 Å². The quantitative estimate of drug-likeness (QED) is 0.617. The molecule has 0 N–H and O–H groups in total. The summed E-state index contributed by atoms with van der Waals surface area (Å²) in [5, 5.41) is 0. The molecule has 0 aromatic rings. The molecule has 0 saturated carbocycles. The zero-order valence-corrected chi connectivity index (χ0v) is 10.2. The molecular weight excluding hydrogens is 208 g/mol. The van der Waals surface area contributed by atoms with E-state index < -0.39 is 29.1 Å². The Morgan fingerprint density at radius 1 is 0.733 bits per heavy atom. The molecule has 0 atom stereocenters. The van der Waals surface area contributed by atoms with E-state index in [4.69, 9.17) is 0 Å². The van der Waals surface area contributed by atoms with Gasteiger partial charge in [-0.25, -0.2) is 0 Å². The second-order valence-electron chi connectivity index (χ2n) is 5.23. The second-order valence-corrected chi connectivity index (χ2v) is 5.23. The summed E-state index contributed by atoms with van der Waals surface area (Å²) in [6.07, 6.45) is 0. The molecule has 0 nitrogen and oxygen atoms in total. The minimum Gasteiger partial charge on any atom is -0.200 e. The van der Waals surface area contributed by atoms with Crippen molar-refractivity contribution >= 4 is 0 Å². The van der Waals surface area contributed by atoms with Crippen molar-refractivity contribution in [2.45, 2.75) is 53.4 Å². The summed E-state index contributed by atoms with van der Waals surface area (Å²) in [6, 6.07) is 0. The van der Waals surface area contributed by atoms with E-state index in [2.05, 4.69) is 0 Å². The normalized spacial score (nSPS) is 15.2. The van der Waals surface area contributed by atoms with Crippen LogP contribution in [0.25, 0.3) is 0 Å². The van der Waals surface area contributed by atoms with Gasteiger partial charge in [0.1, 0.15) is 0 Å². The average molecular weight is 228 g/mol. The minimum absolute atomic E-state index is 0.517. The topological polar surface area (TPSA) is 0 Å². The van der Waals surface area contributed by atoms with Crippen molar-refractivity contribution in [3.05, 3.63) is 0 Å². The Kier molecular flexibility index (Phi) is 3.87. The zero-order valence-electron chi connectivity index (χ0n) is 10.2. The van der Waals surface area contributed by atoms with Crippen molar-refractivity contribution in [2.75, 3.05) is 0 Å². The van der Waals surface area contributed by atoms with E-state index in [-0.39, 0.29) is 0 Å². The monoisotopic (exact) mass is 228 g/mol. The highest BCUT2D eigenvalue weighted by molar-refractivity contribution is 4.98. The van der Waals surface area contributed by atoms with Crippen molar-refractivity contribution in [1.29, 1.82) is 0 Å². The second kappa shape index (κ2) is 3.95. The van der Waals surface area contributed by atoms with E-state index in [1.807, 2.05) is 0 Å². The lowest BCUT2D eigenvalue weighted by Crippen LogP contribution is -2.55. The fourth-order valence-electron chi connectivity index (χ4n) is 1.15. The van der Waals surface area contributed by atoms with Crippen LogP contribution in [0, 0.1) is 17.3 Å². The van der Waals surface area contributed by atoms with Gasteiger partial charge in [0.2, 0.25) is 0 Å². The third-order valence-corrected chi connectivity index (χ3v) is 3.40. The van der Waals surface area contributed by atoms with Crippen LogP contribution in [0.5, 0.6) is 0 Å². The maximum absolute atomic E-state index is 13.7. The van der Waals surface area contributed by atoms with Crippen molar-refractivity contribution in [3.63, 3.8) is 0 Å². The lowest BCUT2D eigenvalue weighted by atomic mass is 9.71. The molecule has 0 aliphatic carbocycles. The van der Waals surface area contributed by atoms with Crippen molar-refractivity contribution in [2.24, 2.45) is 17.3 Å². The molecule has 0 bridgehead atoms. The first-order valence-electron chi connectivity index (χ1n) is 5.14. The fraction of sp³-hybridized carbons (Fsp3) is 1.00. The number of halogens is 4. The van der Waals surface area contributed by atoms with Gasteiger partial charge in [0.15, 0.2) is 0 Å². The lowest BCUT2D eigenvalue weighted by molar-refractivity contribution is -0.286. The van der Waals surface area contributed by atoms with Crippen LogP contribution in [-0.2, 0) is 0 Å². The molecular formula is C11H20F4. The fourth-order valence-corrected chi connectivity index (χ4v) is 1.15. The zero-order chi connectivity index (χ0) is 12.7. The molecule has 0 saturated heterocycles. The Labute approximate surface area is 89.1 Å². The smallest absolute Gasteiger partial charge is 0.200 e. The lowest BCUT2D eigenvalue weighted by Gasteiger charge is -2.43. The van der Waals surface area contributed by atoms with E-state index in [0.717, 1.165) is 13.8 Å². The summed E-state index contributed by atoms with van der Waals surface area (Å²) >= 11 is 0. The number of alkyl halides is 4. The van der Waals surface area contributed by atoms with Crippen molar-refractivity contribution < 1.29 is 17.6 Å². The van der Waals surface area contributed by atoms with Gasteiger partial charge >= 0.3 is 11.8 Å². The minimum atomic E-state index is -4.00. The van der Waals surface area contributed by atoms with E-state index in [9.17, 15) is 17.6 Å². The Morgan fingerprint density at radius 2 is 1.07 bits per heavy atom. The highest BCUT2D eigenvalue weighted by Gasteiger charge is 2.66. The molecule has 0 aromatic heterocycles. The Hall–Kier alpha value is -0.280. The Bertz CT molecular complexity index is 195. The Balaban J connectivity index is 5.30. The van der Waals surface area contributed by atoms with Gasteiger partial charge in [0.05, 0.1) is 0 Å². The highest BCUT2D eigenvalue weighted by Crippen LogP contribution is 2.53. The molecule has 92 valence electrons. The average Bonchev–Trinajstić information content (AvgIpc) is 2.02. The van der Waals surface area contributed by atoms with Crippen LogP contribution in [0.4, 0.5) is 17.6 Å². The molecule has 0 aliphatic heterocycles. The molecule has 0 aliphatic rings. The van der Waals surface area contributed by atoms with Crippen LogP contribution in [0.15, 0.2) is 0 Å². The highest BCUT2D eigenvalue weighted by atomic mass is 19.3.